The SMILES string of the molecule is CCCCCCCCCCCC(=O)O[C@H](CCCCCCCCCCC)CC(=O)OCCSC[C@H](NC(C)=O)C(=O)C[C@@H](CO)C(=O)OC. The average molecular weight is 716 g/mol. The van der Waals surface area contributed by atoms with Crippen molar-refractivity contribution in [2.24, 2.45) is 5.92 Å². The number of ketones is 1. The minimum atomic E-state index is -0.998. The fourth-order valence-electron chi connectivity index (χ4n) is 5.61. The monoisotopic (exact) mass is 715 g/mol. The maximum atomic E-state index is 12.7. The molecule has 0 bridgehead atoms. The minimum Gasteiger partial charge on any atom is -0.469 e. The molecule has 3 atom stereocenters. The molecule has 0 fully saturated rings. The van der Waals surface area contributed by atoms with E-state index in [0.29, 0.717) is 18.6 Å². The zero-order valence-electron chi connectivity index (χ0n) is 31.2. The fraction of sp³-hybridized carbons (Fsp3) is 0.868. The van der Waals surface area contributed by atoms with Crippen LogP contribution in [0.25, 0.3) is 0 Å². The van der Waals surface area contributed by atoms with Crippen molar-refractivity contribution in [1.29, 1.82) is 0 Å². The summed E-state index contributed by atoms with van der Waals surface area (Å²) in [6, 6.07) is -0.858. The van der Waals surface area contributed by atoms with Gasteiger partial charge in [0.05, 0.1) is 32.1 Å². The number of nitrogens with one attached hydrogen (secondary N) is 1. The van der Waals surface area contributed by atoms with Crippen LogP contribution in [-0.4, -0.2) is 78.7 Å². The second-order valence-corrected chi connectivity index (χ2v) is 14.3. The van der Waals surface area contributed by atoms with Crippen molar-refractivity contribution in [3.05, 3.63) is 0 Å². The van der Waals surface area contributed by atoms with Crippen LogP contribution in [0.1, 0.15) is 162 Å². The first kappa shape index (κ1) is 46.9. The highest BCUT2D eigenvalue weighted by atomic mass is 32.2. The Kier molecular flexibility index (Phi) is 31.6. The third-order valence-corrected chi connectivity index (χ3v) is 9.57. The van der Waals surface area contributed by atoms with Crippen molar-refractivity contribution >= 4 is 41.4 Å². The highest BCUT2D eigenvalue weighted by molar-refractivity contribution is 7.99. The molecular weight excluding hydrogens is 646 g/mol. The number of thioether (sulfide) groups is 1. The number of carbonyl (C=O) groups is 5. The minimum absolute atomic E-state index is 0.00820. The van der Waals surface area contributed by atoms with E-state index in [9.17, 15) is 29.1 Å². The number of unbranched alkanes of at least 4 members (excludes halogenated alkanes) is 16. The Bertz CT molecular complexity index is 885. The van der Waals surface area contributed by atoms with Crippen LogP contribution in [-0.2, 0) is 38.2 Å². The smallest absolute Gasteiger partial charge is 0.311 e. The molecule has 49 heavy (non-hydrogen) atoms. The molecule has 11 heteroatoms. The maximum Gasteiger partial charge on any atom is 0.311 e. The molecule has 0 aromatic heterocycles. The molecule has 0 heterocycles. The van der Waals surface area contributed by atoms with E-state index >= 15 is 0 Å². The van der Waals surface area contributed by atoms with Crippen molar-refractivity contribution in [1.82, 2.24) is 5.32 Å². The summed E-state index contributed by atoms with van der Waals surface area (Å²) in [4.78, 5) is 61.5. The van der Waals surface area contributed by atoms with Crippen molar-refractivity contribution in [2.45, 2.75) is 174 Å². The molecule has 0 aliphatic carbocycles. The zero-order valence-corrected chi connectivity index (χ0v) is 32.1. The van der Waals surface area contributed by atoms with Gasteiger partial charge in [0.1, 0.15) is 12.7 Å². The van der Waals surface area contributed by atoms with Crippen LogP contribution >= 0.6 is 11.8 Å². The van der Waals surface area contributed by atoms with Gasteiger partial charge in [-0.3, -0.25) is 24.0 Å². The predicted molar refractivity (Wildman–Crippen MR) is 196 cm³/mol. The molecule has 0 saturated carbocycles. The van der Waals surface area contributed by atoms with Gasteiger partial charge >= 0.3 is 17.9 Å². The fourth-order valence-corrected chi connectivity index (χ4v) is 6.48. The summed E-state index contributed by atoms with van der Waals surface area (Å²) in [6.07, 6.45) is 21.4. The van der Waals surface area contributed by atoms with Crippen LogP contribution in [0.15, 0.2) is 0 Å². The van der Waals surface area contributed by atoms with Crippen LogP contribution in [0.5, 0.6) is 0 Å². The Morgan fingerprint density at radius 2 is 1.24 bits per heavy atom. The second kappa shape index (κ2) is 33.0. The zero-order chi connectivity index (χ0) is 36.5. The molecule has 2 N–H and O–H groups in total. The molecule has 286 valence electrons. The predicted octanol–water partition coefficient (Wildman–Crippen LogP) is 7.65. The van der Waals surface area contributed by atoms with E-state index in [-0.39, 0.29) is 31.2 Å². The number of carbonyl (C=O) groups excluding carboxylic acids is 5. The Balaban J connectivity index is 4.72. The molecule has 0 spiro atoms. The number of methoxy groups -OCH3 is 1. The van der Waals surface area contributed by atoms with E-state index in [4.69, 9.17) is 9.47 Å². The summed E-state index contributed by atoms with van der Waals surface area (Å²) in [5, 5.41) is 12.0. The normalized spacial score (nSPS) is 12.9. The van der Waals surface area contributed by atoms with Crippen molar-refractivity contribution in [3.63, 3.8) is 0 Å². The molecule has 0 unspecified atom stereocenters. The van der Waals surface area contributed by atoms with Crippen LogP contribution in [0.3, 0.4) is 0 Å². The third-order valence-electron chi connectivity index (χ3n) is 8.55. The Morgan fingerprint density at radius 1 is 0.714 bits per heavy atom. The lowest BCUT2D eigenvalue weighted by Gasteiger charge is -2.19. The van der Waals surface area contributed by atoms with Gasteiger partial charge in [0, 0.05) is 31.3 Å². The molecule has 0 radical (unpaired) electrons. The van der Waals surface area contributed by atoms with Crippen molar-refractivity contribution < 1.29 is 43.3 Å². The van der Waals surface area contributed by atoms with E-state index in [1.54, 1.807) is 0 Å². The van der Waals surface area contributed by atoms with Gasteiger partial charge in [-0.2, -0.15) is 11.8 Å². The van der Waals surface area contributed by atoms with Gasteiger partial charge in [-0.1, -0.05) is 117 Å². The van der Waals surface area contributed by atoms with Crippen LogP contribution < -0.4 is 5.32 Å². The molecule has 1 amide bonds. The van der Waals surface area contributed by atoms with Gasteiger partial charge in [0.2, 0.25) is 5.91 Å². The number of Topliss-reactive ketones (excluding diaryl/α,β-unsaturated/α-hetero) is 1. The molecule has 0 saturated heterocycles. The molecule has 10 nitrogen and oxygen atoms in total. The lowest BCUT2D eigenvalue weighted by atomic mass is 10.00. The Labute approximate surface area is 301 Å². The first-order valence-corrected chi connectivity index (χ1v) is 20.2. The number of aliphatic hydroxyl groups excluding tert-OH is 1. The molecular formula is C38H69NO9S. The van der Waals surface area contributed by atoms with Crippen molar-refractivity contribution in [2.75, 3.05) is 31.8 Å². The maximum absolute atomic E-state index is 12.7. The van der Waals surface area contributed by atoms with Gasteiger partial charge < -0.3 is 24.6 Å². The highest BCUT2D eigenvalue weighted by Gasteiger charge is 2.27. The second-order valence-electron chi connectivity index (χ2n) is 13.1. The van der Waals surface area contributed by atoms with Crippen LogP contribution in [0.2, 0.25) is 0 Å². The van der Waals surface area contributed by atoms with E-state index in [2.05, 4.69) is 23.9 Å². The highest BCUT2D eigenvalue weighted by Crippen LogP contribution is 2.17. The van der Waals surface area contributed by atoms with Gasteiger partial charge in [-0.15, -0.1) is 0 Å². The summed E-state index contributed by atoms with van der Waals surface area (Å²) >= 11 is 1.32. The quantitative estimate of drug-likeness (QED) is 0.0387. The lowest BCUT2D eigenvalue weighted by Crippen LogP contribution is -2.43. The summed E-state index contributed by atoms with van der Waals surface area (Å²) in [7, 11) is 1.18. The Morgan fingerprint density at radius 3 is 1.76 bits per heavy atom. The largest absolute Gasteiger partial charge is 0.469 e. The number of ether oxygens (including phenoxy) is 3. The lowest BCUT2D eigenvalue weighted by molar-refractivity contribution is -0.155. The first-order valence-electron chi connectivity index (χ1n) is 19.1. The van der Waals surface area contributed by atoms with Crippen LogP contribution in [0.4, 0.5) is 0 Å². The van der Waals surface area contributed by atoms with Gasteiger partial charge in [0.25, 0.3) is 0 Å². The summed E-state index contributed by atoms with van der Waals surface area (Å²) in [5.41, 5.74) is 0. The number of hydrogen-bond acceptors (Lipinski definition) is 10. The van der Waals surface area contributed by atoms with E-state index in [0.717, 1.165) is 38.5 Å². The number of rotatable bonds is 34. The van der Waals surface area contributed by atoms with Gasteiger partial charge in [-0.25, -0.2) is 0 Å². The molecule has 0 aromatic carbocycles. The van der Waals surface area contributed by atoms with Gasteiger partial charge in [-0.05, 0) is 19.3 Å². The van der Waals surface area contributed by atoms with E-state index < -0.39 is 48.3 Å². The standard InChI is InChI=1S/C38H69NO9S/c1-5-7-9-11-13-15-17-19-21-23-33(48-36(43)24-22-20-18-16-14-12-10-8-6-2)28-37(44)47-25-26-49-30-34(39-31(3)41)35(42)27-32(29-40)38(45)46-4/h32-34,40H,5-30H2,1-4H3,(H,39,41)/t32-,33+,34-/m0/s1. The van der Waals surface area contributed by atoms with Crippen LogP contribution in [0, 0.1) is 5.92 Å². The number of amides is 1. The summed E-state index contributed by atoms with van der Waals surface area (Å²) < 4.78 is 15.8. The molecule has 0 aliphatic heterocycles. The third kappa shape index (κ3) is 28.3. The van der Waals surface area contributed by atoms with E-state index in [1.165, 1.54) is 103 Å². The van der Waals surface area contributed by atoms with Gasteiger partial charge in [0.15, 0.2) is 5.78 Å². The molecule has 0 rings (SSSR count). The van der Waals surface area contributed by atoms with Crippen molar-refractivity contribution in [3.8, 4) is 0 Å². The number of hydrogen-bond donors (Lipinski definition) is 2. The molecule has 0 aliphatic rings. The first-order chi connectivity index (χ1) is 23.7. The summed E-state index contributed by atoms with van der Waals surface area (Å²) in [5.74, 6) is -2.57. The van der Waals surface area contributed by atoms with E-state index in [1.807, 2.05) is 0 Å². The Hall–Kier alpha value is -2.14. The number of aliphatic hydroxyl groups is 1. The summed E-state index contributed by atoms with van der Waals surface area (Å²) in [6.45, 7) is 5.30. The molecule has 0 aromatic rings. The topological polar surface area (TPSA) is 145 Å². The number of esters is 3. The average Bonchev–Trinajstić information content (AvgIpc) is 3.07.